The predicted octanol–water partition coefficient (Wildman–Crippen LogP) is 1.76. The zero-order chi connectivity index (χ0) is 14.1. The van der Waals surface area contributed by atoms with Crippen LogP contribution in [-0.4, -0.2) is 28.6 Å². The monoisotopic (exact) mass is 336 g/mol. The number of H-pyrrole nitrogens is 1. The Morgan fingerprint density at radius 2 is 2.30 bits per heavy atom. The van der Waals surface area contributed by atoms with Crippen LogP contribution in [0, 0.1) is 0 Å². The molecule has 0 radical (unpaired) electrons. The third kappa shape index (κ3) is 2.37. The molecular formula is C12H9BrN4O3. The first-order valence-electron chi connectivity index (χ1n) is 5.70. The summed E-state index contributed by atoms with van der Waals surface area (Å²) in [5.74, 6) is 0.417. The molecule has 0 unspecified atom stereocenters. The molecule has 0 spiro atoms. The van der Waals surface area contributed by atoms with Crippen LogP contribution in [0.1, 0.15) is 10.4 Å². The van der Waals surface area contributed by atoms with Gasteiger partial charge in [0.15, 0.2) is 6.61 Å². The number of amides is 2. The van der Waals surface area contributed by atoms with E-state index in [1.165, 1.54) is 6.20 Å². The summed E-state index contributed by atoms with van der Waals surface area (Å²) in [6.07, 6.45) is 1.54. The van der Waals surface area contributed by atoms with Crippen LogP contribution in [0.4, 0.5) is 11.5 Å². The molecule has 2 heterocycles. The first-order chi connectivity index (χ1) is 9.63. The molecule has 0 fully saturated rings. The molecule has 3 N–H and O–H groups in total. The Kier molecular flexibility index (Phi) is 3.15. The van der Waals surface area contributed by atoms with Crippen LogP contribution < -0.4 is 15.4 Å². The van der Waals surface area contributed by atoms with E-state index in [2.05, 4.69) is 36.8 Å². The zero-order valence-electron chi connectivity index (χ0n) is 10.1. The van der Waals surface area contributed by atoms with Gasteiger partial charge in [-0.3, -0.25) is 14.7 Å². The molecule has 0 aliphatic carbocycles. The summed E-state index contributed by atoms with van der Waals surface area (Å²) >= 11 is 3.31. The highest BCUT2D eigenvalue weighted by Crippen LogP contribution is 2.33. The minimum Gasteiger partial charge on any atom is -0.482 e. The van der Waals surface area contributed by atoms with Gasteiger partial charge in [0.2, 0.25) is 0 Å². The number of halogens is 1. The van der Waals surface area contributed by atoms with E-state index in [9.17, 15) is 9.59 Å². The summed E-state index contributed by atoms with van der Waals surface area (Å²) in [7, 11) is 0. The fraction of sp³-hybridized carbons (Fsp3) is 0.0833. The van der Waals surface area contributed by atoms with E-state index in [0.29, 0.717) is 27.3 Å². The van der Waals surface area contributed by atoms with Gasteiger partial charge in [-0.1, -0.05) is 0 Å². The van der Waals surface area contributed by atoms with Crippen LogP contribution in [0.5, 0.6) is 5.75 Å². The van der Waals surface area contributed by atoms with Crippen LogP contribution in [0.25, 0.3) is 0 Å². The van der Waals surface area contributed by atoms with E-state index >= 15 is 0 Å². The Labute approximate surface area is 121 Å². The lowest BCUT2D eigenvalue weighted by atomic mass is 10.1. The van der Waals surface area contributed by atoms with Crippen molar-refractivity contribution in [3.63, 3.8) is 0 Å². The fourth-order valence-electron chi connectivity index (χ4n) is 1.79. The van der Waals surface area contributed by atoms with E-state index in [-0.39, 0.29) is 18.4 Å². The van der Waals surface area contributed by atoms with Crippen molar-refractivity contribution in [1.82, 2.24) is 10.2 Å². The van der Waals surface area contributed by atoms with Gasteiger partial charge in [0.1, 0.15) is 11.6 Å². The molecule has 3 rings (SSSR count). The molecule has 0 bridgehead atoms. The zero-order valence-corrected chi connectivity index (χ0v) is 11.7. The number of aromatic amines is 1. The van der Waals surface area contributed by atoms with Gasteiger partial charge in [0, 0.05) is 10.5 Å². The topological polar surface area (TPSA) is 96.1 Å². The Hall–Kier alpha value is -2.35. The number of aromatic nitrogens is 2. The molecule has 0 saturated heterocycles. The third-order valence-corrected chi connectivity index (χ3v) is 3.35. The molecule has 1 aliphatic heterocycles. The second-order valence-electron chi connectivity index (χ2n) is 4.09. The van der Waals surface area contributed by atoms with Crippen LogP contribution in [0.3, 0.4) is 0 Å². The van der Waals surface area contributed by atoms with Crippen LogP contribution in [-0.2, 0) is 4.79 Å². The molecule has 1 aromatic carbocycles. The number of ether oxygens (including phenoxy) is 1. The van der Waals surface area contributed by atoms with Crippen molar-refractivity contribution in [2.75, 3.05) is 17.2 Å². The molecule has 1 aliphatic rings. The first-order valence-corrected chi connectivity index (χ1v) is 6.50. The van der Waals surface area contributed by atoms with Gasteiger partial charge in [0.05, 0.1) is 17.4 Å². The number of carbonyl (C=O) groups is 2. The summed E-state index contributed by atoms with van der Waals surface area (Å²) in [4.78, 5) is 23.4. The standard InChI is InChI=1S/C12H9BrN4O3/c13-7-4-8-9(20-5-11(18)15-8)3-6(7)12(19)16-10-1-2-14-17-10/h1-4H,5H2,(H,15,18)(H2,14,16,17,19). The Morgan fingerprint density at radius 3 is 3.05 bits per heavy atom. The normalized spacial score (nSPS) is 13.2. The molecule has 2 amide bonds. The van der Waals surface area contributed by atoms with E-state index in [1.807, 2.05) is 0 Å². The summed E-state index contributed by atoms with van der Waals surface area (Å²) in [6, 6.07) is 4.85. The van der Waals surface area contributed by atoms with Crippen LogP contribution in [0.2, 0.25) is 0 Å². The number of hydrogen-bond donors (Lipinski definition) is 3. The van der Waals surface area contributed by atoms with Gasteiger partial charge in [-0.25, -0.2) is 0 Å². The number of carbonyl (C=O) groups excluding carboxylic acids is 2. The molecule has 20 heavy (non-hydrogen) atoms. The molecular weight excluding hydrogens is 328 g/mol. The van der Waals surface area contributed by atoms with Gasteiger partial charge in [-0.05, 0) is 28.1 Å². The summed E-state index contributed by atoms with van der Waals surface area (Å²) in [6.45, 7) is -0.0593. The maximum atomic E-state index is 12.2. The van der Waals surface area contributed by atoms with Gasteiger partial charge in [-0.2, -0.15) is 5.10 Å². The molecule has 8 heteroatoms. The largest absolute Gasteiger partial charge is 0.482 e. The smallest absolute Gasteiger partial charge is 0.262 e. The molecule has 0 atom stereocenters. The fourth-order valence-corrected chi connectivity index (χ4v) is 2.31. The Morgan fingerprint density at radius 1 is 1.45 bits per heavy atom. The number of nitrogens with one attached hydrogen (secondary N) is 3. The molecule has 2 aromatic rings. The number of rotatable bonds is 2. The summed E-state index contributed by atoms with van der Waals surface area (Å²) in [5.41, 5.74) is 0.931. The van der Waals surface area contributed by atoms with E-state index < -0.39 is 0 Å². The number of benzene rings is 1. The molecule has 0 saturated carbocycles. The molecule has 7 nitrogen and oxygen atoms in total. The summed E-state index contributed by atoms with van der Waals surface area (Å²) < 4.78 is 5.84. The quantitative estimate of drug-likeness (QED) is 0.778. The second kappa shape index (κ2) is 4.97. The van der Waals surface area contributed by atoms with Crippen LogP contribution >= 0.6 is 15.9 Å². The average molecular weight is 337 g/mol. The molecule has 102 valence electrons. The Balaban J connectivity index is 1.90. The lowest BCUT2D eigenvalue weighted by molar-refractivity contribution is -0.118. The summed E-state index contributed by atoms with van der Waals surface area (Å²) in [5, 5.41) is 11.7. The number of nitrogens with zero attached hydrogens (tertiary/aromatic N) is 1. The van der Waals surface area contributed by atoms with Crippen molar-refractivity contribution in [2.24, 2.45) is 0 Å². The number of anilines is 2. The molecule has 1 aromatic heterocycles. The van der Waals surface area contributed by atoms with Crippen molar-refractivity contribution in [3.05, 3.63) is 34.4 Å². The first kappa shape index (κ1) is 12.7. The number of fused-ring (bicyclic) bond motifs is 1. The van der Waals surface area contributed by atoms with Crippen molar-refractivity contribution < 1.29 is 14.3 Å². The highest BCUT2D eigenvalue weighted by molar-refractivity contribution is 9.10. The Bertz CT molecular complexity index is 684. The SMILES string of the molecule is O=C1COc2cc(C(=O)Nc3ccn[nH]3)c(Br)cc2N1. The van der Waals surface area contributed by atoms with Gasteiger partial charge < -0.3 is 15.4 Å². The van der Waals surface area contributed by atoms with Crippen molar-refractivity contribution in [3.8, 4) is 5.75 Å². The lowest BCUT2D eigenvalue weighted by Gasteiger charge is -2.19. The van der Waals surface area contributed by atoms with E-state index in [1.54, 1.807) is 18.2 Å². The van der Waals surface area contributed by atoms with Crippen molar-refractivity contribution >= 4 is 39.2 Å². The van der Waals surface area contributed by atoms with Crippen LogP contribution in [0.15, 0.2) is 28.9 Å². The van der Waals surface area contributed by atoms with Crippen molar-refractivity contribution in [1.29, 1.82) is 0 Å². The minimum atomic E-state index is -0.315. The maximum absolute atomic E-state index is 12.2. The third-order valence-electron chi connectivity index (χ3n) is 2.70. The minimum absolute atomic E-state index is 0.0593. The highest BCUT2D eigenvalue weighted by atomic mass is 79.9. The van der Waals surface area contributed by atoms with Gasteiger partial charge in [0.25, 0.3) is 11.8 Å². The van der Waals surface area contributed by atoms with E-state index in [4.69, 9.17) is 4.74 Å². The lowest BCUT2D eigenvalue weighted by Crippen LogP contribution is -2.26. The average Bonchev–Trinajstić information content (AvgIpc) is 2.90. The highest BCUT2D eigenvalue weighted by Gasteiger charge is 2.20. The van der Waals surface area contributed by atoms with Gasteiger partial charge >= 0.3 is 0 Å². The second-order valence-corrected chi connectivity index (χ2v) is 4.94. The maximum Gasteiger partial charge on any atom is 0.262 e. The number of hydrogen-bond acceptors (Lipinski definition) is 4. The van der Waals surface area contributed by atoms with Gasteiger partial charge in [-0.15, -0.1) is 0 Å². The predicted molar refractivity (Wildman–Crippen MR) is 74.8 cm³/mol. The van der Waals surface area contributed by atoms with Crippen molar-refractivity contribution in [2.45, 2.75) is 0 Å². The van der Waals surface area contributed by atoms with E-state index in [0.717, 1.165) is 0 Å².